The summed E-state index contributed by atoms with van der Waals surface area (Å²) in [4.78, 5) is 41.9. The first-order valence-corrected chi connectivity index (χ1v) is 24.0. The number of aryl methyl sites for hydroxylation is 2. The van der Waals surface area contributed by atoms with Crippen molar-refractivity contribution in [2.45, 2.75) is 49.8 Å². The van der Waals surface area contributed by atoms with Crippen LogP contribution in [0.3, 0.4) is 0 Å². The number of nitrogens with zero attached hydrogens (tertiary/aromatic N) is 2. The van der Waals surface area contributed by atoms with Gasteiger partial charge in [-0.05, 0) is 67.9 Å². The van der Waals surface area contributed by atoms with E-state index in [0.717, 1.165) is 9.87 Å². The van der Waals surface area contributed by atoms with Crippen LogP contribution in [0.2, 0.25) is 0 Å². The molecule has 1 spiro atoms. The molecule has 7 aromatic rings. The fourth-order valence-corrected chi connectivity index (χ4v) is 10.8. The van der Waals surface area contributed by atoms with Crippen molar-refractivity contribution in [3.8, 4) is 23.0 Å². The number of carbonyl (C=O) groups excluding carboxylic acids is 3. The van der Waals surface area contributed by atoms with Gasteiger partial charge in [-0.3, -0.25) is 14.1 Å². The van der Waals surface area contributed by atoms with Gasteiger partial charge in [0.2, 0.25) is 16.9 Å². The first kappa shape index (κ1) is 43.9. The minimum absolute atomic E-state index is 0.0589. The quantitative estimate of drug-likeness (QED) is 0.0408. The topological polar surface area (TPSA) is 218 Å². The Kier molecular flexibility index (Phi) is 11.2. The number of hydrogen-bond donors (Lipinski definition) is 4. The molecule has 1 atom stereocenters. The highest BCUT2D eigenvalue weighted by molar-refractivity contribution is 7.89. The predicted octanol–water partition coefficient (Wildman–Crippen LogP) is 6.77. The molecule has 0 saturated carbocycles. The monoisotopic (exact) mass is 928 g/mol. The maximum Gasteiger partial charge on any atom is 0.340 e. The summed E-state index contributed by atoms with van der Waals surface area (Å²) in [7, 11) is -8.78. The number of sulfonamides is 1. The van der Waals surface area contributed by atoms with Crippen molar-refractivity contribution in [1.82, 2.24) is 9.62 Å². The highest BCUT2D eigenvalue weighted by Gasteiger charge is 2.54. The molecule has 9 rings (SSSR count). The molecule has 3 heterocycles. The number of benzene rings is 6. The van der Waals surface area contributed by atoms with Crippen LogP contribution in [0.25, 0.3) is 21.8 Å². The Labute approximate surface area is 379 Å². The number of fused-ring (bicyclic) bond motifs is 8. The molecular formula is C49H42N3O12S2+. The molecule has 2 aliphatic rings. The van der Waals surface area contributed by atoms with Crippen LogP contribution in [0, 0.1) is 6.92 Å². The van der Waals surface area contributed by atoms with E-state index in [9.17, 15) is 41.2 Å². The zero-order valence-electron chi connectivity index (χ0n) is 35.3. The maximum absolute atomic E-state index is 15.0. The molecule has 1 unspecified atom stereocenters. The SMILES string of the molecule is Cc1ccc(S(=O)(=O)N(CCCC(=O)NCc2c(O)ccc3c2Oc2cc(O)ccc2C32OC(=O)c3ccccc32)C(=O)c2c3ccccc3[n+](CCCS(=O)(=O)O)c3ccccc23)cc1. The summed E-state index contributed by atoms with van der Waals surface area (Å²) in [6, 6.07) is 34.0. The lowest BCUT2D eigenvalue weighted by Gasteiger charge is -2.37. The molecule has 15 nitrogen and oxygen atoms in total. The number of para-hydroxylation sites is 2. The van der Waals surface area contributed by atoms with Crippen LogP contribution in [-0.2, 0) is 48.4 Å². The van der Waals surface area contributed by atoms with Crippen molar-refractivity contribution in [3.63, 3.8) is 0 Å². The molecule has 0 saturated heterocycles. The molecule has 0 radical (unpaired) electrons. The Morgan fingerprint density at radius 1 is 0.773 bits per heavy atom. The van der Waals surface area contributed by atoms with Gasteiger partial charge in [-0.15, -0.1) is 0 Å². The Bertz CT molecular complexity index is 3320. The minimum Gasteiger partial charge on any atom is -0.508 e. The van der Waals surface area contributed by atoms with E-state index in [1.807, 2.05) is 4.57 Å². The van der Waals surface area contributed by atoms with Crippen LogP contribution in [-0.4, -0.2) is 66.0 Å². The predicted molar refractivity (Wildman–Crippen MR) is 241 cm³/mol. The van der Waals surface area contributed by atoms with Gasteiger partial charge in [0.05, 0.1) is 44.7 Å². The van der Waals surface area contributed by atoms with Crippen molar-refractivity contribution in [2.24, 2.45) is 0 Å². The highest BCUT2D eigenvalue weighted by atomic mass is 32.2. The Balaban J connectivity index is 1.01. The van der Waals surface area contributed by atoms with E-state index in [0.29, 0.717) is 44.1 Å². The van der Waals surface area contributed by atoms with Gasteiger partial charge >= 0.3 is 5.97 Å². The number of ether oxygens (including phenoxy) is 2. The second-order valence-electron chi connectivity index (χ2n) is 16.1. The lowest BCUT2D eigenvalue weighted by Crippen LogP contribution is -2.41. The van der Waals surface area contributed by atoms with Crippen molar-refractivity contribution in [2.75, 3.05) is 12.3 Å². The maximum atomic E-state index is 15.0. The molecule has 2 amide bonds. The molecule has 1 aromatic heterocycles. The highest BCUT2D eigenvalue weighted by Crippen LogP contribution is 2.58. The number of amides is 2. The van der Waals surface area contributed by atoms with Crippen LogP contribution < -0.4 is 14.6 Å². The van der Waals surface area contributed by atoms with E-state index < -0.39 is 55.8 Å². The van der Waals surface area contributed by atoms with Crippen LogP contribution in [0.5, 0.6) is 23.0 Å². The second-order valence-corrected chi connectivity index (χ2v) is 19.5. The number of aromatic nitrogens is 1. The number of phenolic OH excluding ortho intramolecular Hbond substituents is 2. The molecule has 0 aliphatic carbocycles. The van der Waals surface area contributed by atoms with Gasteiger partial charge in [-0.25, -0.2) is 17.5 Å². The van der Waals surface area contributed by atoms with Gasteiger partial charge in [0.15, 0.2) is 12.1 Å². The summed E-state index contributed by atoms with van der Waals surface area (Å²) in [5.41, 5.74) is 2.25. The van der Waals surface area contributed by atoms with E-state index in [1.165, 1.54) is 30.3 Å². The lowest BCUT2D eigenvalue weighted by molar-refractivity contribution is -0.645. The number of pyridine rings is 1. The van der Waals surface area contributed by atoms with E-state index in [4.69, 9.17) is 9.47 Å². The van der Waals surface area contributed by atoms with Crippen LogP contribution >= 0.6 is 0 Å². The average Bonchev–Trinajstić information content (AvgIpc) is 3.58. The third kappa shape index (κ3) is 7.73. The first-order valence-electron chi connectivity index (χ1n) is 21.0. The molecule has 6 aromatic carbocycles. The van der Waals surface area contributed by atoms with Gasteiger partial charge in [0, 0.05) is 54.3 Å². The summed E-state index contributed by atoms with van der Waals surface area (Å²) in [5.74, 6) is -2.57. The first-order chi connectivity index (χ1) is 31.6. The zero-order chi connectivity index (χ0) is 46.5. The number of phenols is 2. The molecule has 0 bridgehead atoms. The van der Waals surface area contributed by atoms with Gasteiger partial charge in [0.25, 0.3) is 26.0 Å². The van der Waals surface area contributed by atoms with Crippen LogP contribution in [0.4, 0.5) is 0 Å². The molecule has 336 valence electrons. The van der Waals surface area contributed by atoms with Crippen molar-refractivity contribution < 1.29 is 60.0 Å². The van der Waals surface area contributed by atoms with Crippen LogP contribution in [0.15, 0.2) is 132 Å². The average molecular weight is 929 g/mol. The third-order valence-corrected chi connectivity index (χ3v) is 14.5. The minimum atomic E-state index is -4.53. The molecule has 0 fully saturated rings. The van der Waals surface area contributed by atoms with Gasteiger partial charge in [0.1, 0.15) is 23.0 Å². The number of hydrogen-bond acceptors (Lipinski definition) is 11. The second kappa shape index (κ2) is 16.9. The summed E-state index contributed by atoms with van der Waals surface area (Å²) in [6.45, 7) is 1.28. The molecule has 4 N–H and O–H groups in total. The Hall–Kier alpha value is -7.34. The van der Waals surface area contributed by atoms with Crippen molar-refractivity contribution in [3.05, 3.63) is 166 Å². The zero-order valence-corrected chi connectivity index (χ0v) is 36.9. The van der Waals surface area contributed by atoms with Gasteiger partial charge in [-0.1, -0.05) is 60.2 Å². The van der Waals surface area contributed by atoms with E-state index in [1.54, 1.807) is 104 Å². The number of esters is 1. The van der Waals surface area contributed by atoms with Crippen molar-refractivity contribution in [1.29, 1.82) is 0 Å². The molecule has 66 heavy (non-hydrogen) atoms. The van der Waals surface area contributed by atoms with Crippen LogP contribution in [0.1, 0.15) is 67.8 Å². The molecule has 17 heteroatoms. The fraction of sp³-hybridized carbons (Fsp3) is 0.184. The van der Waals surface area contributed by atoms with Gasteiger partial charge < -0.3 is 25.0 Å². The number of rotatable bonds is 13. The summed E-state index contributed by atoms with van der Waals surface area (Å²) >= 11 is 0. The number of carbonyl (C=O) groups is 3. The van der Waals surface area contributed by atoms with E-state index in [2.05, 4.69) is 5.32 Å². The Morgan fingerprint density at radius 2 is 1.42 bits per heavy atom. The number of nitrogens with one attached hydrogen (secondary N) is 1. The Morgan fingerprint density at radius 3 is 2.12 bits per heavy atom. The summed E-state index contributed by atoms with van der Waals surface area (Å²) in [6.07, 6.45) is -0.304. The fourth-order valence-electron chi connectivity index (χ4n) is 8.88. The summed E-state index contributed by atoms with van der Waals surface area (Å²) in [5, 5.41) is 25.2. The normalized spacial score (nSPS) is 15.2. The molecular weight excluding hydrogens is 887 g/mol. The largest absolute Gasteiger partial charge is 0.508 e. The van der Waals surface area contributed by atoms with E-state index in [-0.39, 0.29) is 71.4 Å². The standard InChI is InChI=1S/C49H41N3O12S2/c1-30-17-20-32(21-18-30)66(61,62)52(47(56)45-34-11-3-6-14-40(34)51(25-9-27-65(58,59)60)41-15-7-4-12-35(41)45)26-8-16-44(55)50-29-36-42(54)24-23-39-46(36)63-43-28-31(53)19-22-38(43)49(39)37-13-5-2-10-33(37)48(57)64-49/h2-7,10-15,17-24,28H,8-9,16,25-27,29H2,1H3,(H3-,50,53,54,55,58,59,60)/p+1. The number of aromatic hydroxyl groups is 2. The lowest BCUT2D eigenvalue weighted by atomic mass is 9.77. The molecule has 2 aliphatic heterocycles. The summed E-state index contributed by atoms with van der Waals surface area (Å²) < 4.78 is 76.8. The smallest absolute Gasteiger partial charge is 0.340 e. The van der Waals surface area contributed by atoms with Gasteiger partial charge in [-0.2, -0.15) is 13.0 Å². The van der Waals surface area contributed by atoms with E-state index >= 15 is 4.79 Å². The van der Waals surface area contributed by atoms with Crippen molar-refractivity contribution >= 4 is 59.7 Å². The third-order valence-electron chi connectivity index (χ3n) is 11.9.